The Hall–Kier alpha value is -1.15. The summed E-state index contributed by atoms with van der Waals surface area (Å²) in [5, 5.41) is 3.20. The number of rotatable bonds is 6. The predicted octanol–water partition coefficient (Wildman–Crippen LogP) is 2.36. The SMILES string of the molecule is CCNCCC(=O)C1CC1c1ccccc1. The van der Waals surface area contributed by atoms with E-state index in [0.717, 1.165) is 19.5 Å². The number of carbonyl (C=O) groups is 1. The van der Waals surface area contributed by atoms with Gasteiger partial charge in [-0.1, -0.05) is 37.3 Å². The van der Waals surface area contributed by atoms with Crippen LogP contribution in [-0.2, 0) is 4.79 Å². The summed E-state index contributed by atoms with van der Waals surface area (Å²) in [5.41, 5.74) is 1.32. The van der Waals surface area contributed by atoms with Gasteiger partial charge in [0.25, 0.3) is 0 Å². The quantitative estimate of drug-likeness (QED) is 0.741. The van der Waals surface area contributed by atoms with Gasteiger partial charge in [-0.25, -0.2) is 0 Å². The highest BCUT2D eigenvalue weighted by atomic mass is 16.1. The molecule has 0 amide bonds. The number of hydrogen-bond donors (Lipinski definition) is 1. The fourth-order valence-corrected chi connectivity index (χ4v) is 2.19. The van der Waals surface area contributed by atoms with Crippen LogP contribution in [0.3, 0.4) is 0 Å². The van der Waals surface area contributed by atoms with Gasteiger partial charge in [0.2, 0.25) is 0 Å². The Morgan fingerprint density at radius 2 is 2.12 bits per heavy atom. The molecule has 1 aromatic rings. The Labute approximate surface area is 97.1 Å². The van der Waals surface area contributed by atoms with Crippen molar-refractivity contribution < 1.29 is 4.79 Å². The number of nitrogens with one attached hydrogen (secondary N) is 1. The van der Waals surface area contributed by atoms with Crippen LogP contribution in [0.15, 0.2) is 30.3 Å². The zero-order valence-electron chi connectivity index (χ0n) is 9.78. The Balaban J connectivity index is 1.80. The highest BCUT2D eigenvalue weighted by Crippen LogP contribution is 2.48. The molecule has 1 aliphatic rings. The molecule has 0 saturated heterocycles. The second-order valence-corrected chi connectivity index (χ2v) is 4.43. The van der Waals surface area contributed by atoms with E-state index in [0.29, 0.717) is 24.0 Å². The average Bonchev–Trinajstić information content (AvgIpc) is 3.10. The molecular weight excluding hydrogens is 198 g/mol. The molecule has 0 heterocycles. The Kier molecular flexibility index (Phi) is 3.73. The maximum atomic E-state index is 11.8. The number of ketones is 1. The van der Waals surface area contributed by atoms with Crippen molar-refractivity contribution in [2.75, 3.05) is 13.1 Å². The first-order chi connectivity index (χ1) is 7.83. The van der Waals surface area contributed by atoms with Crippen molar-refractivity contribution in [1.29, 1.82) is 0 Å². The summed E-state index contributed by atoms with van der Waals surface area (Å²) in [5.74, 6) is 1.21. The number of hydrogen-bond acceptors (Lipinski definition) is 2. The molecule has 2 nitrogen and oxygen atoms in total. The minimum absolute atomic E-state index is 0.293. The second kappa shape index (κ2) is 5.26. The second-order valence-electron chi connectivity index (χ2n) is 4.43. The molecule has 16 heavy (non-hydrogen) atoms. The van der Waals surface area contributed by atoms with Gasteiger partial charge in [-0.15, -0.1) is 0 Å². The maximum absolute atomic E-state index is 11.8. The van der Waals surface area contributed by atoms with Gasteiger partial charge in [0, 0.05) is 18.9 Å². The lowest BCUT2D eigenvalue weighted by Gasteiger charge is -2.01. The maximum Gasteiger partial charge on any atom is 0.137 e. The Morgan fingerprint density at radius 1 is 1.38 bits per heavy atom. The van der Waals surface area contributed by atoms with Crippen LogP contribution in [0.2, 0.25) is 0 Å². The Bertz CT molecular complexity index is 347. The Morgan fingerprint density at radius 3 is 2.81 bits per heavy atom. The third-order valence-corrected chi connectivity index (χ3v) is 3.23. The summed E-state index contributed by atoms with van der Waals surface area (Å²) >= 11 is 0. The fraction of sp³-hybridized carbons (Fsp3) is 0.500. The van der Waals surface area contributed by atoms with E-state index >= 15 is 0 Å². The van der Waals surface area contributed by atoms with Crippen molar-refractivity contribution in [2.24, 2.45) is 5.92 Å². The first-order valence-corrected chi connectivity index (χ1v) is 6.11. The van der Waals surface area contributed by atoms with E-state index in [9.17, 15) is 4.79 Å². The molecule has 1 aromatic carbocycles. The molecule has 0 spiro atoms. The molecule has 86 valence electrons. The number of carbonyl (C=O) groups excluding carboxylic acids is 1. The van der Waals surface area contributed by atoms with E-state index in [1.165, 1.54) is 5.56 Å². The number of benzene rings is 1. The lowest BCUT2D eigenvalue weighted by atomic mass is 10.1. The van der Waals surface area contributed by atoms with Gasteiger partial charge in [0.05, 0.1) is 0 Å². The summed E-state index contributed by atoms with van der Waals surface area (Å²) < 4.78 is 0. The molecule has 1 fully saturated rings. The predicted molar refractivity (Wildman–Crippen MR) is 65.5 cm³/mol. The molecule has 1 aliphatic carbocycles. The van der Waals surface area contributed by atoms with Crippen LogP contribution in [0.1, 0.15) is 31.2 Å². The van der Waals surface area contributed by atoms with E-state index in [2.05, 4.69) is 24.4 Å². The normalized spacial score (nSPS) is 23.1. The average molecular weight is 217 g/mol. The van der Waals surface area contributed by atoms with Gasteiger partial charge < -0.3 is 5.32 Å². The molecule has 0 radical (unpaired) electrons. The minimum atomic E-state index is 0.293. The molecule has 1 N–H and O–H groups in total. The number of Topliss-reactive ketones (excluding diaryl/α,β-unsaturated/α-hetero) is 1. The lowest BCUT2D eigenvalue weighted by molar-refractivity contribution is -0.120. The molecule has 0 aliphatic heterocycles. The first kappa shape index (κ1) is 11.3. The monoisotopic (exact) mass is 217 g/mol. The van der Waals surface area contributed by atoms with Crippen LogP contribution in [-0.4, -0.2) is 18.9 Å². The molecule has 2 heteroatoms. The van der Waals surface area contributed by atoms with Gasteiger partial charge in [0.1, 0.15) is 5.78 Å². The molecule has 2 atom stereocenters. The van der Waals surface area contributed by atoms with E-state index in [1.807, 2.05) is 18.2 Å². The first-order valence-electron chi connectivity index (χ1n) is 6.11. The molecule has 0 bridgehead atoms. The lowest BCUT2D eigenvalue weighted by Crippen LogP contribution is -2.18. The fourth-order valence-electron chi connectivity index (χ4n) is 2.19. The zero-order chi connectivity index (χ0) is 11.4. The zero-order valence-corrected chi connectivity index (χ0v) is 9.78. The van der Waals surface area contributed by atoms with Crippen molar-refractivity contribution in [1.82, 2.24) is 5.32 Å². The van der Waals surface area contributed by atoms with Crippen LogP contribution in [0.25, 0.3) is 0 Å². The van der Waals surface area contributed by atoms with Crippen molar-refractivity contribution >= 4 is 5.78 Å². The van der Waals surface area contributed by atoms with Crippen LogP contribution < -0.4 is 5.32 Å². The van der Waals surface area contributed by atoms with E-state index in [1.54, 1.807) is 0 Å². The highest BCUT2D eigenvalue weighted by Gasteiger charge is 2.42. The van der Waals surface area contributed by atoms with Gasteiger partial charge in [-0.2, -0.15) is 0 Å². The summed E-state index contributed by atoms with van der Waals surface area (Å²) in [6.07, 6.45) is 1.73. The van der Waals surface area contributed by atoms with Crippen molar-refractivity contribution in [3.8, 4) is 0 Å². The topological polar surface area (TPSA) is 29.1 Å². The summed E-state index contributed by atoms with van der Waals surface area (Å²) in [7, 11) is 0. The highest BCUT2D eigenvalue weighted by molar-refractivity contribution is 5.85. The smallest absolute Gasteiger partial charge is 0.137 e. The standard InChI is InChI=1S/C14H19NO/c1-2-15-9-8-14(16)13-10-12(13)11-6-4-3-5-7-11/h3-7,12-13,15H,2,8-10H2,1H3. The minimum Gasteiger partial charge on any atom is -0.317 e. The third-order valence-electron chi connectivity index (χ3n) is 3.23. The molecule has 1 saturated carbocycles. The van der Waals surface area contributed by atoms with E-state index < -0.39 is 0 Å². The molecule has 0 aromatic heterocycles. The molecular formula is C14H19NO. The summed E-state index contributed by atoms with van der Waals surface area (Å²) in [4.78, 5) is 11.8. The van der Waals surface area contributed by atoms with E-state index in [-0.39, 0.29) is 0 Å². The van der Waals surface area contributed by atoms with Crippen LogP contribution in [0.4, 0.5) is 0 Å². The van der Waals surface area contributed by atoms with Crippen LogP contribution in [0, 0.1) is 5.92 Å². The summed E-state index contributed by atoms with van der Waals surface area (Å²) in [6.45, 7) is 3.84. The van der Waals surface area contributed by atoms with Gasteiger partial charge in [-0.3, -0.25) is 4.79 Å². The van der Waals surface area contributed by atoms with Gasteiger partial charge >= 0.3 is 0 Å². The van der Waals surface area contributed by atoms with Gasteiger partial charge in [-0.05, 0) is 24.4 Å². The third kappa shape index (κ3) is 2.70. The van der Waals surface area contributed by atoms with Gasteiger partial charge in [0.15, 0.2) is 0 Å². The largest absolute Gasteiger partial charge is 0.317 e. The van der Waals surface area contributed by atoms with E-state index in [4.69, 9.17) is 0 Å². The molecule has 2 rings (SSSR count). The van der Waals surface area contributed by atoms with Crippen molar-refractivity contribution in [3.63, 3.8) is 0 Å². The summed E-state index contributed by atoms with van der Waals surface area (Å²) in [6, 6.07) is 10.4. The van der Waals surface area contributed by atoms with Crippen molar-refractivity contribution in [3.05, 3.63) is 35.9 Å². The molecule has 2 unspecified atom stereocenters. The van der Waals surface area contributed by atoms with Crippen molar-refractivity contribution in [2.45, 2.75) is 25.7 Å². The van der Waals surface area contributed by atoms with Crippen LogP contribution in [0.5, 0.6) is 0 Å². The van der Waals surface area contributed by atoms with Crippen LogP contribution >= 0.6 is 0 Å².